The highest BCUT2D eigenvalue weighted by atomic mass is 16.3. The molecule has 2 saturated carbocycles. The van der Waals surface area contributed by atoms with Crippen molar-refractivity contribution in [3.63, 3.8) is 0 Å². The summed E-state index contributed by atoms with van der Waals surface area (Å²) in [5.41, 5.74) is 1.04. The van der Waals surface area contributed by atoms with E-state index in [2.05, 4.69) is 24.1 Å². The summed E-state index contributed by atoms with van der Waals surface area (Å²) < 4.78 is 0. The van der Waals surface area contributed by atoms with E-state index in [1.807, 2.05) is 12.3 Å². The smallest absolute Gasteiger partial charge is 0.131 e. The molecule has 0 amide bonds. The maximum Gasteiger partial charge on any atom is 0.131 e. The molecule has 4 atom stereocenters. The number of aromatic nitrogens is 2. The topological polar surface area (TPSA) is 78.3 Å². The van der Waals surface area contributed by atoms with Crippen molar-refractivity contribution in [3.8, 4) is 0 Å². The van der Waals surface area contributed by atoms with Crippen molar-refractivity contribution in [3.05, 3.63) is 23.8 Å². The molecular weight excluding hydrogens is 302 g/mol. The Bertz CT molecular complexity index is 533. The Morgan fingerprint density at radius 3 is 2.75 bits per heavy atom. The summed E-state index contributed by atoms with van der Waals surface area (Å²) in [5, 5.41) is 23.7. The van der Waals surface area contributed by atoms with Gasteiger partial charge in [0.2, 0.25) is 0 Å². The first-order valence-electron chi connectivity index (χ1n) is 9.42. The summed E-state index contributed by atoms with van der Waals surface area (Å²) >= 11 is 0. The lowest BCUT2D eigenvalue weighted by molar-refractivity contribution is 0.0716. The van der Waals surface area contributed by atoms with E-state index in [0.29, 0.717) is 18.3 Å². The summed E-state index contributed by atoms with van der Waals surface area (Å²) in [6.45, 7) is 5.44. The fourth-order valence-electron chi connectivity index (χ4n) is 3.84. The van der Waals surface area contributed by atoms with Gasteiger partial charge >= 0.3 is 0 Å². The van der Waals surface area contributed by atoms with Gasteiger partial charge in [-0.3, -0.25) is 0 Å². The molecule has 2 fully saturated rings. The lowest BCUT2D eigenvalue weighted by atomic mass is 9.88. The molecule has 3 N–H and O–H groups in total. The van der Waals surface area contributed by atoms with Crippen molar-refractivity contribution in [2.24, 2.45) is 17.8 Å². The average molecular weight is 333 g/mol. The first-order valence-corrected chi connectivity index (χ1v) is 9.42. The van der Waals surface area contributed by atoms with Gasteiger partial charge in [-0.25, -0.2) is 9.97 Å². The molecule has 0 aliphatic heterocycles. The lowest BCUT2D eigenvalue weighted by Gasteiger charge is -2.25. The Balaban J connectivity index is 1.67. The third-order valence-corrected chi connectivity index (χ3v) is 5.51. The summed E-state index contributed by atoms with van der Waals surface area (Å²) in [7, 11) is 0. The van der Waals surface area contributed by atoms with Crippen molar-refractivity contribution >= 4 is 0 Å². The minimum atomic E-state index is -0.429. The van der Waals surface area contributed by atoms with Crippen LogP contribution in [0.15, 0.2) is 12.3 Å². The zero-order valence-corrected chi connectivity index (χ0v) is 14.9. The summed E-state index contributed by atoms with van der Waals surface area (Å²) in [4.78, 5) is 9.13. The van der Waals surface area contributed by atoms with E-state index in [9.17, 15) is 10.2 Å². The third-order valence-electron chi connectivity index (χ3n) is 5.51. The molecule has 0 saturated heterocycles. The molecule has 4 unspecified atom stereocenters. The van der Waals surface area contributed by atoms with Crippen LogP contribution in [-0.4, -0.2) is 45.5 Å². The van der Waals surface area contributed by atoms with E-state index in [1.54, 1.807) is 0 Å². The minimum Gasteiger partial charge on any atom is -0.396 e. The van der Waals surface area contributed by atoms with Gasteiger partial charge in [-0.2, -0.15) is 0 Å². The number of hydrogen-bond donors (Lipinski definition) is 3. The molecule has 3 rings (SSSR count). The van der Waals surface area contributed by atoms with Crippen molar-refractivity contribution in [2.45, 2.75) is 64.0 Å². The monoisotopic (exact) mass is 333 g/mol. The van der Waals surface area contributed by atoms with Gasteiger partial charge in [0, 0.05) is 36.4 Å². The second kappa shape index (κ2) is 7.89. The highest BCUT2D eigenvalue weighted by Gasteiger charge is 2.42. The maximum atomic E-state index is 10.3. The molecule has 1 heterocycles. The molecule has 1 aromatic rings. The second-order valence-corrected chi connectivity index (χ2v) is 7.94. The molecule has 1 aromatic heterocycles. The zero-order valence-electron chi connectivity index (χ0n) is 14.9. The van der Waals surface area contributed by atoms with Crippen LogP contribution in [0.4, 0.5) is 0 Å². The molecule has 2 aliphatic carbocycles. The van der Waals surface area contributed by atoms with E-state index < -0.39 is 6.10 Å². The normalized spacial score (nSPS) is 30.2. The molecule has 5 heteroatoms. The first kappa shape index (κ1) is 17.8. The predicted molar refractivity (Wildman–Crippen MR) is 93.6 cm³/mol. The SMILES string of the molecule is CC(C)CCNC1CC(O)C(CO)C1Cc1ccnc(C2CC2)n1. The molecule has 0 spiro atoms. The molecule has 134 valence electrons. The Morgan fingerprint density at radius 1 is 1.29 bits per heavy atom. The van der Waals surface area contributed by atoms with Gasteiger partial charge in [0.25, 0.3) is 0 Å². The van der Waals surface area contributed by atoms with Gasteiger partial charge in [0.05, 0.1) is 6.10 Å². The second-order valence-electron chi connectivity index (χ2n) is 7.94. The molecule has 0 bridgehead atoms. The van der Waals surface area contributed by atoms with Crippen molar-refractivity contribution in [2.75, 3.05) is 13.2 Å². The minimum absolute atomic E-state index is 0.0365. The van der Waals surface area contributed by atoms with Crippen molar-refractivity contribution < 1.29 is 10.2 Å². The number of hydrogen-bond acceptors (Lipinski definition) is 5. The van der Waals surface area contributed by atoms with E-state index in [1.165, 1.54) is 12.8 Å². The largest absolute Gasteiger partial charge is 0.396 e. The van der Waals surface area contributed by atoms with Gasteiger partial charge in [0.15, 0.2) is 0 Å². The van der Waals surface area contributed by atoms with Gasteiger partial charge in [-0.1, -0.05) is 13.8 Å². The van der Waals surface area contributed by atoms with E-state index in [0.717, 1.165) is 30.9 Å². The number of aliphatic hydroxyl groups is 2. The van der Waals surface area contributed by atoms with Crippen LogP contribution >= 0.6 is 0 Å². The third kappa shape index (κ3) is 4.32. The Kier molecular flexibility index (Phi) is 5.85. The first-order chi connectivity index (χ1) is 11.6. The number of nitrogens with one attached hydrogen (secondary N) is 1. The van der Waals surface area contributed by atoms with Crippen molar-refractivity contribution in [1.29, 1.82) is 0 Å². The fourth-order valence-corrected chi connectivity index (χ4v) is 3.84. The maximum absolute atomic E-state index is 10.3. The number of nitrogens with zero attached hydrogens (tertiary/aromatic N) is 2. The summed E-state index contributed by atoms with van der Waals surface area (Å²) in [6.07, 6.45) is 6.47. The molecule has 0 aromatic carbocycles. The fraction of sp³-hybridized carbons (Fsp3) is 0.789. The molecule has 24 heavy (non-hydrogen) atoms. The van der Waals surface area contributed by atoms with Crippen LogP contribution in [0.25, 0.3) is 0 Å². The Hall–Kier alpha value is -1.04. The van der Waals surface area contributed by atoms with Crippen LogP contribution in [0.2, 0.25) is 0 Å². The highest BCUT2D eigenvalue weighted by Crippen LogP contribution is 2.38. The lowest BCUT2D eigenvalue weighted by Crippen LogP contribution is -2.37. The van der Waals surface area contributed by atoms with E-state index in [-0.39, 0.29) is 24.5 Å². The molecule has 0 radical (unpaired) electrons. The number of rotatable bonds is 8. The molecule has 2 aliphatic rings. The Morgan fingerprint density at radius 2 is 2.08 bits per heavy atom. The predicted octanol–water partition coefficient (Wildman–Crippen LogP) is 1.89. The van der Waals surface area contributed by atoms with E-state index >= 15 is 0 Å². The van der Waals surface area contributed by atoms with Gasteiger partial charge < -0.3 is 15.5 Å². The quantitative estimate of drug-likeness (QED) is 0.677. The molecule has 5 nitrogen and oxygen atoms in total. The van der Waals surface area contributed by atoms with E-state index in [4.69, 9.17) is 4.98 Å². The van der Waals surface area contributed by atoms with Crippen LogP contribution < -0.4 is 5.32 Å². The van der Waals surface area contributed by atoms with Gasteiger partial charge in [-0.05, 0) is 56.6 Å². The number of aliphatic hydroxyl groups excluding tert-OH is 2. The molecular formula is C19H31N3O2. The zero-order chi connectivity index (χ0) is 17.1. The van der Waals surface area contributed by atoms with Crippen LogP contribution in [0.1, 0.15) is 57.0 Å². The van der Waals surface area contributed by atoms with Crippen LogP contribution in [0.3, 0.4) is 0 Å². The van der Waals surface area contributed by atoms with Gasteiger partial charge in [-0.15, -0.1) is 0 Å². The van der Waals surface area contributed by atoms with Crippen LogP contribution in [-0.2, 0) is 6.42 Å². The summed E-state index contributed by atoms with van der Waals surface area (Å²) in [6, 6.07) is 2.23. The van der Waals surface area contributed by atoms with Crippen molar-refractivity contribution in [1.82, 2.24) is 15.3 Å². The van der Waals surface area contributed by atoms with Crippen LogP contribution in [0.5, 0.6) is 0 Å². The van der Waals surface area contributed by atoms with Crippen LogP contribution in [0, 0.1) is 17.8 Å². The Labute approximate surface area is 144 Å². The highest BCUT2D eigenvalue weighted by molar-refractivity contribution is 5.12. The van der Waals surface area contributed by atoms with Gasteiger partial charge in [0.1, 0.15) is 5.82 Å². The average Bonchev–Trinajstić information content (AvgIpc) is 3.34. The summed E-state index contributed by atoms with van der Waals surface area (Å²) in [5.74, 6) is 2.34. The standard InChI is InChI=1S/C19H31N3O2/c1-12(2)5-7-20-17-10-18(24)16(11-23)15(17)9-14-6-8-21-19(22-14)13-3-4-13/h6,8,12-13,15-18,20,23-24H,3-5,7,9-11H2,1-2H3.